The fourth-order valence-electron chi connectivity index (χ4n) is 3.57. The van der Waals surface area contributed by atoms with E-state index in [1.807, 2.05) is 33.9 Å². The van der Waals surface area contributed by atoms with E-state index in [-0.39, 0.29) is 16.2 Å². The van der Waals surface area contributed by atoms with Gasteiger partial charge >= 0.3 is 17.9 Å². The van der Waals surface area contributed by atoms with Crippen molar-refractivity contribution in [1.29, 1.82) is 0 Å². The van der Waals surface area contributed by atoms with Crippen molar-refractivity contribution in [3.8, 4) is 0 Å². The molecular formula is C27H34O9Si. The van der Waals surface area contributed by atoms with Gasteiger partial charge in [-0.25, -0.2) is 14.4 Å². The van der Waals surface area contributed by atoms with Crippen molar-refractivity contribution in [3.63, 3.8) is 0 Å². The van der Waals surface area contributed by atoms with Crippen molar-refractivity contribution in [1.82, 2.24) is 0 Å². The van der Waals surface area contributed by atoms with Crippen molar-refractivity contribution in [2.45, 2.75) is 69.6 Å². The first-order chi connectivity index (χ1) is 17.4. The molecule has 0 amide bonds. The average Bonchev–Trinajstić information content (AvgIpc) is 2.87. The molecule has 200 valence electrons. The standard InChI is InChI=1S/C27H34O9Si/c1-27(2,3)37(5,6)36-20-19(33-23(28)17-13-9-7-10-14-17)21(26(31)35-22(20)25(30)32-4)34-24(29)18-15-11-8-12-16-18/h7-16,19-22,26,31H,1-6H3/t19-,20+,21?,22?,26+/m0/s1. The second kappa shape index (κ2) is 11.6. The van der Waals surface area contributed by atoms with Crippen LogP contribution in [-0.2, 0) is 28.2 Å². The lowest BCUT2D eigenvalue weighted by Crippen LogP contribution is -2.65. The number of carbonyl (C=O) groups excluding carboxylic acids is 3. The van der Waals surface area contributed by atoms with Crippen molar-refractivity contribution in [3.05, 3.63) is 71.8 Å². The zero-order chi connectivity index (χ0) is 27.4. The quantitative estimate of drug-likeness (QED) is 0.325. The molecule has 9 nitrogen and oxygen atoms in total. The Labute approximate surface area is 217 Å². The summed E-state index contributed by atoms with van der Waals surface area (Å²) >= 11 is 0. The molecule has 1 N–H and O–H groups in total. The number of esters is 3. The zero-order valence-corrected chi connectivity index (χ0v) is 22.9. The summed E-state index contributed by atoms with van der Waals surface area (Å²) in [5.74, 6) is -2.33. The van der Waals surface area contributed by atoms with Crippen molar-refractivity contribution in [2.75, 3.05) is 7.11 Å². The van der Waals surface area contributed by atoms with Gasteiger partial charge in [-0.1, -0.05) is 57.2 Å². The van der Waals surface area contributed by atoms with E-state index in [2.05, 4.69) is 0 Å². The van der Waals surface area contributed by atoms with Gasteiger partial charge in [0.2, 0.25) is 0 Å². The van der Waals surface area contributed by atoms with Crippen LogP contribution >= 0.6 is 0 Å². The Hall–Kier alpha value is -3.05. The predicted molar refractivity (Wildman–Crippen MR) is 136 cm³/mol. The molecule has 10 heteroatoms. The van der Waals surface area contributed by atoms with Gasteiger partial charge in [-0.2, -0.15) is 0 Å². The maximum Gasteiger partial charge on any atom is 0.338 e. The van der Waals surface area contributed by atoms with Crippen LogP contribution in [0.3, 0.4) is 0 Å². The van der Waals surface area contributed by atoms with Gasteiger partial charge in [-0.3, -0.25) is 0 Å². The van der Waals surface area contributed by atoms with E-state index in [0.717, 1.165) is 0 Å². The zero-order valence-electron chi connectivity index (χ0n) is 21.9. The van der Waals surface area contributed by atoms with E-state index < -0.39 is 56.9 Å². The Morgan fingerprint density at radius 2 is 1.27 bits per heavy atom. The summed E-state index contributed by atoms with van der Waals surface area (Å²) in [5, 5.41) is 10.6. The lowest BCUT2D eigenvalue weighted by atomic mass is 9.98. The first-order valence-electron chi connectivity index (χ1n) is 12.0. The van der Waals surface area contributed by atoms with Crippen molar-refractivity contribution in [2.24, 2.45) is 0 Å². The van der Waals surface area contributed by atoms with Crippen molar-refractivity contribution >= 4 is 26.2 Å². The summed E-state index contributed by atoms with van der Waals surface area (Å²) in [5.41, 5.74) is 0.456. The monoisotopic (exact) mass is 530 g/mol. The van der Waals surface area contributed by atoms with Crippen LogP contribution < -0.4 is 0 Å². The third kappa shape index (κ3) is 6.64. The van der Waals surface area contributed by atoms with Crippen LogP contribution in [0.5, 0.6) is 0 Å². The Morgan fingerprint density at radius 3 is 1.70 bits per heavy atom. The van der Waals surface area contributed by atoms with Gasteiger partial charge in [0.15, 0.2) is 32.9 Å². The van der Waals surface area contributed by atoms with Crippen LogP contribution in [0.2, 0.25) is 18.1 Å². The summed E-state index contributed by atoms with van der Waals surface area (Å²) in [6.45, 7) is 9.91. The summed E-state index contributed by atoms with van der Waals surface area (Å²) in [4.78, 5) is 38.8. The first-order valence-corrected chi connectivity index (χ1v) is 14.9. The summed E-state index contributed by atoms with van der Waals surface area (Å²) in [6, 6.07) is 16.4. The van der Waals surface area contributed by atoms with E-state index in [9.17, 15) is 19.5 Å². The molecule has 0 aromatic heterocycles. The molecule has 1 aliphatic heterocycles. The molecule has 37 heavy (non-hydrogen) atoms. The van der Waals surface area contributed by atoms with Gasteiger partial charge in [0.1, 0.15) is 6.10 Å². The number of hydrogen-bond acceptors (Lipinski definition) is 9. The second-order valence-electron chi connectivity index (χ2n) is 10.3. The molecule has 1 saturated heterocycles. The van der Waals surface area contributed by atoms with Crippen LogP contribution in [0.1, 0.15) is 41.5 Å². The Morgan fingerprint density at radius 1 is 0.811 bits per heavy atom. The van der Waals surface area contributed by atoms with Crippen LogP contribution in [0.15, 0.2) is 60.7 Å². The molecule has 5 atom stereocenters. The molecule has 1 fully saturated rings. The second-order valence-corrected chi connectivity index (χ2v) is 15.0. The number of methoxy groups -OCH3 is 1. The van der Waals surface area contributed by atoms with Crippen molar-refractivity contribution < 1.29 is 42.9 Å². The molecular weight excluding hydrogens is 496 g/mol. The topological polar surface area (TPSA) is 118 Å². The van der Waals surface area contributed by atoms with Crippen LogP contribution in [0.4, 0.5) is 0 Å². The molecule has 0 spiro atoms. The molecule has 0 saturated carbocycles. The van der Waals surface area contributed by atoms with E-state index in [1.54, 1.807) is 60.7 Å². The molecule has 2 aromatic carbocycles. The first kappa shape index (κ1) is 28.5. The van der Waals surface area contributed by atoms with Crippen LogP contribution in [-0.4, -0.2) is 69.1 Å². The molecule has 3 rings (SSSR count). The Kier molecular flexibility index (Phi) is 8.91. The molecule has 1 heterocycles. The minimum absolute atomic E-state index is 0.222. The lowest BCUT2D eigenvalue weighted by Gasteiger charge is -2.47. The maximum absolute atomic E-state index is 13.1. The fraction of sp³-hybridized carbons (Fsp3) is 0.444. The van der Waals surface area contributed by atoms with E-state index >= 15 is 0 Å². The molecule has 1 aliphatic rings. The number of rotatable bonds is 7. The highest BCUT2D eigenvalue weighted by Crippen LogP contribution is 2.40. The fourth-order valence-corrected chi connectivity index (χ4v) is 4.86. The molecule has 2 aromatic rings. The molecule has 2 unspecified atom stereocenters. The Bertz CT molecular complexity index is 1080. The van der Waals surface area contributed by atoms with Gasteiger partial charge < -0.3 is 28.5 Å². The highest BCUT2D eigenvalue weighted by atomic mass is 28.4. The number of ether oxygens (including phenoxy) is 4. The number of hydrogen-bond donors (Lipinski definition) is 1. The van der Waals surface area contributed by atoms with Crippen LogP contribution in [0.25, 0.3) is 0 Å². The van der Waals surface area contributed by atoms with Gasteiger partial charge in [-0.05, 0) is 42.4 Å². The van der Waals surface area contributed by atoms with Crippen LogP contribution in [0, 0.1) is 0 Å². The normalized spacial score (nSPS) is 24.1. The van der Waals surface area contributed by atoms with E-state index in [0.29, 0.717) is 0 Å². The minimum Gasteiger partial charge on any atom is -0.467 e. The average molecular weight is 531 g/mol. The third-order valence-corrected chi connectivity index (χ3v) is 11.2. The number of carbonyl (C=O) groups is 3. The summed E-state index contributed by atoms with van der Waals surface area (Å²) in [7, 11) is -1.45. The van der Waals surface area contributed by atoms with Gasteiger partial charge in [0.25, 0.3) is 0 Å². The largest absolute Gasteiger partial charge is 0.467 e. The van der Waals surface area contributed by atoms with E-state index in [4.69, 9.17) is 23.4 Å². The predicted octanol–water partition coefficient (Wildman–Crippen LogP) is 3.72. The summed E-state index contributed by atoms with van der Waals surface area (Å²) < 4.78 is 28.5. The molecule has 0 radical (unpaired) electrons. The summed E-state index contributed by atoms with van der Waals surface area (Å²) in [6.07, 6.45) is -7.34. The third-order valence-electron chi connectivity index (χ3n) is 6.69. The highest BCUT2D eigenvalue weighted by Gasteiger charge is 2.56. The van der Waals surface area contributed by atoms with Gasteiger partial charge in [0, 0.05) is 0 Å². The number of aliphatic hydroxyl groups excluding tert-OH is 1. The van der Waals surface area contributed by atoms with E-state index in [1.165, 1.54) is 7.11 Å². The van der Waals surface area contributed by atoms with Gasteiger partial charge in [0.05, 0.1) is 18.2 Å². The molecule has 0 aliphatic carbocycles. The highest BCUT2D eigenvalue weighted by molar-refractivity contribution is 6.74. The number of benzene rings is 2. The minimum atomic E-state index is -2.62. The smallest absolute Gasteiger partial charge is 0.338 e. The molecule has 0 bridgehead atoms. The van der Waals surface area contributed by atoms with Gasteiger partial charge in [-0.15, -0.1) is 0 Å². The SMILES string of the molecule is COC(=O)C1O[C@@H](O)C(OC(=O)c2ccccc2)[C@@H](OC(=O)c2ccccc2)[C@H]1O[Si](C)(C)C(C)(C)C. The maximum atomic E-state index is 13.1. The lowest BCUT2D eigenvalue weighted by molar-refractivity contribution is -0.276. The number of aliphatic hydroxyl groups is 1. The Balaban J connectivity index is 2.05.